The zero-order chi connectivity index (χ0) is 21.2. The van der Waals surface area contributed by atoms with E-state index in [-0.39, 0.29) is 13.0 Å². The van der Waals surface area contributed by atoms with Crippen LogP contribution in [0.4, 0.5) is 0 Å². The van der Waals surface area contributed by atoms with Crippen LogP contribution >= 0.6 is 0 Å². The van der Waals surface area contributed by atoms with E-state index in [0.717, 1.165) is 18.9 Å². The molecule has 3 rings (SSSR count). The van der Waals surface area contributed by atoms with Crippen LogP contribution in [0.3, 0.4) is 0 Å². The number of rotatable bonds is 7. The Kier molecular flexibility index (Phi) is 5.33. The quantitative estimate of drug-likeness (QED) is 0.595. The van der Waals surface area contributed by atoms with Crippen LogP contribution in [0.25, 0.3) is 16.9 Å². The van der Waals surface area contributed by atoms with E-state index < -0.39 is 26.1 Å². The van der Waals surface area contributed by atoms with Gasteiger partial charge < -0.3 is 5.11 Å². The summed E-state index contributed by atoms with van der Waals surface area (Å²) in [6.07, 6.45) is 5.02. The lowest BCUT2D eigenvalue weighted by Gasteiger charge is -2.22. The van der Waals surface area contributed by atoms with Crippen LogP contribution in [0.5, 0.6) is 0 Å². The maximum atomic E-state index is 12.4. The number of carboxylic acid groups (broad SMARTS) is 1. The highest BCUT2D eigenvalue weighted by Gasteiger charge is 2.43. The van der Waals surface area contributed by atoms with E-state index in [9.17, 15) is 23.1 Å². The van der Waals surface area contributed by atoms with Crippen LogP contribution in [-0.2, 0) is 21.2 Å². The lowest BCUT2D eigenvalue weighted by Crippen LogP contribution is -2.44. The predicted molar refractivity (Wildman–Crippen MR) is 104 cm³/mol. The first kappa shape index (κ1) is 20.4. The molecule has 1 atom stereocenters. The number of sulfone groups is 1. The molecule has 1 unspecified atom stereocenters. The maximum absolute atomic E-state index is 12.4. The summed E-state index contributed by atoms with van der Waals surface area (Å²) in [5, 5.41) is 17.4. The fraction of sp³-hybridized carbons (Fsp3) is 0.278. The van der Waals surface area contributed by atoms with Gasteiger partial charge in [-0.3, -0.25) is 14.2 Å². The maximum Gasteiger partial charge on any atom is 0.324 e. The van der Waals surface area contributed by atoms with Crippen molar-refractivity contribution in [3.05, 3.63) is 59.4 Å². The molecule has 0 spiro atoms. The van der Waals surface area contributed by atoms with Crippen molar-refractivity contribution in [3.8, 4) is 16.9 Å². The smallest absolute Gasteiger partial charge is 0.324 e. The molecule has 0 aliphatic heterocycles. The first-order valence-corrected chi connectivity index (χ1v) is 10.5. The average molecular weight is 417 g/mol. The van der Waals surface area contributed by atoms with Crippen molar-refractivity contribution in [2.24, 2.45) is 0 Å². The summed E-state index contributed by atoms with van der Waals surface area (Å²) in [6.45, 7) is 1.04. The van der Waals surface area contributed by atoms with E-state index in [1.165, 1.54) is 21.8 Å². The Morgan fingerprint density at radius 3 is 2.31 bits per heavy atom. The second kappa shape index (κ2) is 7.59. The van der Waals surface area contributed by atoms with Crippen LogP contribution in [0.15, 0.2) is 53.8 Å². The molecule has 2 aromatic heterocycles. The number of nitrogens with zero attached hydrogens (tertiary/aromatic N) is 5. The standard InChI is InChI=1S/C18H19N5O5S/c1-18(17(25)26,29(2,27)28)7-10-22-12-19-15(11-16(22)24)13-3-5-14(6-4-13)23-20-8-9-21-23/h3-6,8-9,11-12H,7,10H2,1-2H3,(H,25,26). The third kappa shape index (κ3) is 4.09. The molecule has 11 heteroatoms. The van der Waals surface area contributed by atoms with Gasteiger partial charge in [0.05, 0.1) is 30.1 Å². The number of aryl methyl sites for hydroxylation is 1. The zero-order valence-electron chi connectivity index (χ0n) is 15.8. The lowest BCUT2D eigenvalue weighted by molar-refractivity contribution is -0.139. The molecule has 0 radical (unpaired) electrons. The Morgan fingerprint density at radius 1 is 1.17 bits per heavy atom. The molecule has 152 valence electrons. The van der Waals surface area contributed by atoms with Crippen molar-refractivity contribution in [1.29, 1.82) is 0 Å². The predicted octanol–water partition coefficient (Wildman–Crippen LogP) is 0.769. The van der Waals surface area contributed by atoms with E-state index in [1.54, 1.807) is 36.7 Å². The van der Waals surface area contributed by atoms with E-state index in [1.807, 2.05) is 0 Å². The van der Waals surface area contributed by atoms with Gasteiger partial charge in [0.2, 0.25) is 0 Å². The van der Waals surface area contributed by atoms with E-state index >= 15 is 0 Å². The Hall–Kier alpha value is -3.34. The van der Waals surface area contributed by atoms with Gasteiger partial charge in [-0.15, -0.1) is 0 Å². The highest BCUT2D eigenvalue weighted by atomic mass is 32.2. The molecule has 29 heavy (non-hydrogen) atoms. The minimum absolute atomic E-state index is 0.0914. The first-order chi connectivity index (χ1) is 13.6. The summed E-state index contributed by atoms with van der Waals surface area (Å²) < 4.78 is 22.9. The van der Waals surface area contributed by atoms with Gasteiger partial charge in [-0.2, -0.15) is 15.0 Å². The van der Waals surface area contributed by atoms with Crippen LogP contribution in [0, 0.1) is 0 Å². The Labute approximate surface area is 166 Å². The van der Waals surface area contributed by atoms with Gasteiger partial charge >= 0.3 is 5.97 Å². The first-order valence-electron chi connectivity index (χ1n) is 8.58. The Morgan fingerprint density at radius 2 is 1.79 bits per heavy atom. The van der Waals surface area contributed by atoms with Crippen molar-refractivity contribution < 1.29 is 18.3 Å². The molecule has 2 heterocycles. The van der Waals surface area contributed by atoms with Gasteiger partial charge in [0.1, 0.15) is 0 Å². The monoisotopic (exact) mass is 417 g/mol. The zero-order valence-corrected chi connectivity index (χ0v) is 16.6. The van der Waals surface area contributed by atoms with E-state index in [4.69, 9.17) is 0 Å². The van der Waals surface area contributed by atoms with Gasteiger partial charge in [0.15, 0.2) is 14.6 Å². The van der Waals surface area contributed by atoms with Gasteiger partial charge in [0.25, 0.3) is 5.56 Å². The van der Waals surface area contributed by atoms with E-state index in [2.05, 4.69) is 15.2 Å². The highest BCUT2D eigenvalue weighted by molar-refractivity contribution is 7.92. The summed E-state index contributed by atoms with van der Waals surface area (Å²) in [7, 11) is -3.87. The number of aromatic nitrogens is 5. The van der Waals surface area contributed by atoms with Crippen molar-refractivity contribution in [1.82, 2.24) is 24.5 Å². The normalized spacial score (nSPS) is 13.7. The molecule has 1 N–H and O–H groups in total. The second-order valence-corrected chi connectivity index (χ2v) is 9.17. The van der Waals surface area contributed by atoms with Crippen LogP contribution in [0.2, 0.25) is 0 Å². The fourth-order valence-corrected chi connectivity index (χ4v) is 3.43. The summed E-state index contributed by atoms with van der Waals surface area (Å²) in [4.78, 5) is 29.5. The lowest BCUT2D eigenvalue weighted by atomic mass is 10.1. The number of hydrogen-bond donors (Lipinski definition) is 1. The molecular formula is C18H19N5O5S. The minimum Gasteiger partial charge on any atom is -0.480 e. The van der Waals surface area contributed by atoms with Crippen LogP contribution in [-0.4, -0.2) is 55.0 Å². The summed E-state index contributed by atoms with van der Waals surface area (Å²) in [5.74, 6) is -1.45. The molecule has 0 saturated heterocycles. The molecule has 10 nitrogen and oxygen atoms in total. The summed E-state index contributed by atoms with van der Waals surface area (Å²) in [6, 6.07) is 8.44. The average Bonchev–Trinajstić information content (AvgIpc) is 3.20. The topological polar surface area (TPSA) is 137 Å². The highest BCUT2D eigenvalue weighted by Crippen LogP contribution is 2.22. The van der Waals surface area contributed by atoms with Gasteiger partial charge in [-0.25, -0.2) is 13.4 Å². The van der Waals surface area contributed by atoms with Gasteiger partial charge in [-0.1, -0.05) is 12.1 Å². The Balaban J connectivity index is 1.80. The van der Waals surface area contributed by atoms with Gasteiger partial charge in [0, 0.05) is 24.4 Å². The number of aliphatic carboxylic acids is 1. The number of benzene rings is 1. The van der Waals surface area contributed by atoms with Crippen molar-refractivity contribution in [2.45, 2.75) is 24.6 Å². The fourth-order valence-electron chi connectivity index (χ4n) is 2.65. The van der Waals surface area contributed by atoms with E-state index in [0.29, 0.717) is 11.3 Å². The molecule has 0 bridgehead atoms. The van der Waals surface area contributed by atoms with Crippen LogP contribution < -0.4 is 5.56 Å². The molecule has 0 saturated carbocycles. The number of carboxylic acids is 1. The Bertz CT molecular complexity index is 1190. The second-order valence-electron chi connectivity index (χ2n) is 6.73. The van der Waals surface area contributed by atoms with Crippen LogP contribution in [0.1, 0.15) is 13.3 Å². The summed E-state index contributed by atoms with van der Waals surface area (Å²) >= 11 is 0. The number of hydrogen-bond acceptors (Lipinski definition) is 7. The van der Waals surface area contributed by atoms with Crippen molar-refractivity contribution >= 4 is 15.8 Å². The molecule has 0 fully saturated rings. The SMILES string of the molecule is CC(CCn1cnc(-c2ccc(-n3nccn3)cc2)cc1=O)(C(=O)O)S(C)(=O)=O. The third-order valence-corrected chi connectivity index (χ3v) is 6.81. The van der Waals surface area contributed by atoms with Crippen molar-refractivity contribution in [3.63, 3.8) is 0 Å². The third-order valence-electron chi connectivity index (χ3n) is 4.79. The largest absolute Gasteiger partial charge is 0.480 e. The molecule has 0 aliphatic carbocycles. The minimum atomic E-state index is -3.87. The number of carbonyl (C=O) groups is 1. The molecule has 0 amide bonds. The molecule has 1 aromatic carbocycles. The molecular weight excluding hydrogens is 398 g/mol. The summed E-state index contributed by atoms with van der Waals surface area (Å²) in [5.41, 5.74) is 1.49. The van der Waals surface area contributed by atoms with Gasteiger partial charge in [-0.05, 0) is 25.5 Å². The molecule has 0 aliphatic rings. The van der Waals surface area contributed by atoms with Crippen molar-refractivity contribution in [2.75, 3.05) is 6.26 Å². The molecule has 3 aromatic rings.